The molecular formula is C14H16N2O3S2. The van der Waals surface area contributed by atoms with Crippen LogP contribution in [0.1, 0.15) is 18.2 Å². The molecule has 0 aliphatic rings. The summed E-state index contributed by atoms with van der Waals surface area (Å²) >= 11 is 4.86. The first-order chi connectivity index (χ1) is 9.95. The Balaban J connectivity index is 2.28. The second-order valence-electron chi connectivity index (χ2n) is 4.40. The van der Waals surface area contributed by atoms with Gasteiger partial charge in [0.25, 0.3) is 0 Å². The summed E-state index contributed by atoms with van der Waals surface area (Å²) in [5, 5.41) is 0. The van der Waals surface area contributed by atoms with E-state index in [-0.39, 0.29) is 16.4 Å². The second kappa shape index (κ2) is 6.38. The van der Waals surface area contributed by atoms with Crippen LogP contribution >= 0.6 is 12.2 Å². The number of sulfonamides is 1. The number of hydrogen-bond donors (Lipinski definition) is 1. The Labute approximate surface area is 129 Å². The maximum Gasteiger partial charge on any atom is 0.243 e. The fourth-order valence-corrected chi connectivity index (χ4v) is 3.43. The van der Waals surface area contributed by atoms with Crippen molar-refractivity contribution in [1.82, 2.24) is 4.31 Å². The maximum atomic E-state index is 12.6. The van der Waals surface area contributed by atoms with E-state index in [2.05, 4.69) is 0 Å². The lowest BCUT2D eigenvalue weighted by Crippen LogP contribution is -2.30. The van der Waals surface area contributed by atoms with Crippen LogP contribution in [-0.2, 0) is 16.6 Å². The van der Waals surface area contributed by atoms with Crippen molar-refractivity contribution in [1.29, 1.82) is 0 Å². The van der Waals surface area contributed by atoms with Gasteiger partial charge in [-0.2, -0.15) is 4.31 Å². The van der Waals surface area contributed by atoms with Crippen LogP contribution in [-0.4, -0.2) is 24.3 Å². The zero-order chi connectivity index (χ0) is 15.5. The Bertz CT molecular complexity index is 707. The van der Waals surface area contributed by atoms with E-state index in [0.717, 1.165) is 0 Å². The molecule has 0 spiro atoms. The topological polar surface area (TPSA) is 76.5 Å². The van der Waals surface area contributed by atoms with Gasteiger partial charge in [-0.25, -0.2) is 8.42 Å². The molecule has 1 aromatic carbocycles. The minimum atomic E-state index is -3.58. The standard InChI is InChI=1S/C14H16N2O3S2/c1-2-16(10-12-4-3-9-19-12)21(17,18)13-7-5-11(6-8-13)14(15)20/h3-9H,2,10H2,1H3,(H2,15,20). The average Bonchev–Trinajstić information content (AvgIpc) is 2.97. The zero-order valence-electron chi connectivity index (χ0n) is 11.5. The molecule has 21 heavy (non-hydrogen) atoms. The summed E-state index contributed by atoms with van der Waals surface area (Å²) in [6.07, 6.45) is 1.52. The second-order valence-corrected chi connectivity index (χ2v) is 6.78. The van der Waals surface area contributed by atoms with Crippen LogP contribution in [0.5, 0.6) is 0 Å². The quantitative estimate of drug-likeness (QED) is 0.824. The largest absolute Gasteiger partial charge is 0.468 e. The van der Waals surface area contributed by atoms with Crippen molar-refractivity contribution in [3.63, 3.8) is 0 Å². The van der Waals surface area contributed by atoms with Gasteiger partial charge >= 0.3 is 0 Å². The molecule has 0 aliphatic heterocycles. The summed E-state index contributed by atoms with van der Waals surface area (Å²) in [5.41, 5.74) is 6.15. The molecule has 5 nitrogen and oxygen atoms in total. The molecular weight excluding hydrogens is 308 g/mol. The molecule has 0 bridgehead atoms. The normalized spacial score (nSPS) is 11.7. The van der Waals surface area contributed by atoms with E-state index in [1.165, 1.54) is 22.7 Å². The Morgan fingerprint density at radius 3 is 2.43 bits per heavy atom. The van der Waals surface area contributed by atoms with Gasteiger partial charge in [-0.3, -0.25) is 0 Å². The van der Waals surface area contributed by atoms with Crippen molar-refractivity contribution < 1.29 is 12.8 Å². The van der Waals surface area contributed by atoms with Crippen molar-refractivity contribution in [2.45, 2.75) is 18.4 Å². The van der Waals surface area contributed by atoms with Crippen LogP contribution in [0.25, 0.3) is 0 Å². The van der Waals surface area contributed by atoms with E-state index in [4.69, 9.17) is 22.4 Å². The number of rotatable bonds is 6. The predicted octanol–water partition coefficient (Wildman–Crippen LogP) is 2.12. The Morgan fingerprint density at radius 1 is 1.29 bits per heavy atom. The lowest BCUT2D eigenvalue weighted by atomic mass is 10.2. The van der Waals surface area contributed by atoms with E-state index in [1.54, 1.807) is 31.2 Å². The van der Waals surface area contributed by atoms with Gasteiger partial charge in [0, 0.05) is 12.1 Å². The number of furan rings is 1. The highest BCUT2D eigenvalue weighted by Gasteiger charge is 2.24. The van der Waals surface area contributed by atoms with Crippen LogP contribution in [0.3, 0.4) is 0 Å². The van der Waals surface area contributed by atoms with Crippen LogP contribution in [0.4, 0.5) is 0 Å². The van der Waals surface area contributed by atoms with Crippen molar-refractivity contribution in [2.24, 2.45) is 5.73 Å². The van der Waals surface area contributed by atoms with Crippen LogP contribution < -0.4 is 5.73 Å². The van der Waals surface area contributed by atoms with Gasteiger partial charge < -0.3 is 10.2 Å². The molecule has 2 N–H and O–H groups in total. The third kappa shape index (κ3) is 3.49. The van der Waals surface area contributed by atoms with E-state index in [9.17, 15) is 8.42 Å². The molecule has 0 fully saturated rings. The highest BCUT2D eigenvalue weighted by atomic mass is 32.2. The van der Waals surface area contributed by atoms with E-state index in [1.807, 2.05) is 0 Å². The number of nitrogens with zero attached hydrogens (tertiary/aromatic N) is 1. The van der Waals surface area contributed by atoms with E-state index >= 15 is 0 Å². The minimum absolute atomic E-state index is 0.197. The third-order valence-electron chi connectivity index (χ3n) is 3.04. The van der Waals surface area contributed by atoms with Crippen LogP contribution in [0.2, 0.25) is 0 Å². The first-order valence-corrected chi connectivity index (χ1v) is 8.22. The highest BCUT2D eigenvalue weighted by molar-refractivity contribution is 7.89. The maximum absolute atomic E-state index is 12.6. The van der Waals surface area contributed by atoms with Gasteiger partial charge in [0.15, 0.2) is 0 Å². The molecule has 0 aliphatic carbocycles. The fraction of sp³-hybridized carbons (Fsp3) is 0.214. The van der Waals surface area contributed by atoms with Crippen LogP contribution in [0, 0.1) is 0 Å². The van der Waals surface area contributed by atoms with E-state index < -0.39 is 10.0 Å². The Kier molecular flexibility index (Phi) is 4.76. The Morgan fingerprint density at radius 2 is 1.95 bits per heavy atom. The number of hydrogen-bond acceptors (Lipinski definition) is 4. The van der Waals surface area contributed by atoms with Gasteiger partial charge in [-0.15, -0.1) is 0 Å². The van der Waals surface area contributed by atoms with Gasteiger partial charge in [0.2, 0.25) is 10.0 Å². The lowest BCUT2D eigenvalue weighted by Gasteiger charge is -2.19. The smallest absolute Gasteiger partial charge is 0.243 e. The van der Waals surface area contributed by atoms with Gasteiger partial charge in [-0.1, -0.05) is 31.3 Å². The SMILES string of the molecule is CCN(Cc1ccco1)S(=O)(=O)c1ccc(C(N)=S)cc1. The summed E-state index contributed by atoms with van der Waals surface area (Å²) < 4.78 is 31.7. The Hall–Kier alpha value is -1.70. The summed E-state index contributed by atoms with van der Waals surface area (Å²) in [6, 6.07) is 9.70. The van der Waals surface area contributed by atoms with Crippen molar-refractivity contribution in [3.05, 3.63) is 54.0 Å². The summed E-state index contributed by atoms with van der Waals surface area (Å²) in [4.78, 5) is 0.442. The molecule has 0 atom stereocenters. The van der Waals surface area contributed by atoms with E-state index in [0.29, 0.717) is 17.9 Å². The molecule has 2 rings (SSSR count). The highest BCUT2D eigenvalue weighted by Crippen LogP contribution is 2.19. The number of benzene rings is 1. The molecule has 7 heteroatoms. The third-order valence-corrected chi connectivity index (χ3v) is 5.21. The lowest BCUT2D eigenvalue weighted by molar-refractivity contribution is 0.375. The summed E-state index contributed by atoms with van der Waals surface area (Å²) in [6.45, 7) is 2.33. The first kappa shape index (κ1) is 15.7. The monoisotopic (exact) mass is 324 g/mol. The van der Waals surface area contributed by atoms with Crippen molar-refractivity contribution in [2.75, 3.05) is 6.54 Å². The summed E-state index contributed by atoms with van der Waals surface area (Å²) in [7, 11) is -3.58. The molecule has 1 heterocycles. The van der Waals surface area contributed by atoms with Crippen LogP contribution in [0.15, 0.2) is 52.0 Å². The molecule has 0 amide bonds. The average molecular weight is 324 g/mol. The predicted molar refractivity (Wildman–Crippen MR) is 84.3 cm³/mol. The molecule has 1 aromatic heterocycles. The zero-order valence-corrected chi connectivity index (χ0v) is 13.2. The first-order valence-electron chi connectivity index (χ1n) is 6.37. The molecule has 112 valence electrons. The van der Waals surface area contributed by atoms with Gasteiger partial charge in [-0.05, 0) is 24.3 Å². The molecule has 0 saturated heterocycles. The van der Waals surface area contributed by atoms with Crippen molar-refractivity contribution >= 4 is 27.2 Å². The number of nitrogens with two attached hydrogens (primary N) is 1. The molecule has 2 aromatic rings. The minimum Gasteiger partial charge on any atom is -0.468 e. The van der Waals surface area contributed by atoms with Gasteiger partial charge in [0.05, 0.1) is 17.7 Å². The summed E-state index contributed by atoms with van der Waals surface area (Å²) in [5.74, 6) is 0.597. The molecule has 0 radical (unpaired) electrons. The fourth-order valence-electron chi connectivity index (χ4n) is 1.88. The number of thiocarbonyl (C=S) groups is 1. The molecule has 0 saturated carbocycles. The van der Waals surface area contributed by atoms with Gasteiger partial charge in [0.1, 0.15) is 10.7 Å². The van der Waals surface area contributed by atoms with Crippen molar-refractivity contribution in [3.8, 4) is 0 Å². The molecule has 0 unspecified atom stereocenters.